The highest BCUT2D eigenvalue weighted by atomic mass is 35.5. The fourth-order valence-electron chi connectivity index (χ4n) is 2.94. The highest BCUT2D eigenvalue weighted by molar-refractivity contribution is 6.31. The highest BCUT2D eigenvalue weighted by Crippen LogP contribution is 2.23. The monoisotopic (exact) mass is 445 g/mol. The van der Waals surface area contributed by atoms with Crippen molar-refractivity contribution < 1.29 is 9.53 Å². The van der Waals surface area contributed by atoms with Crippen LogP contribution < -0.4 is 10.2 Å². The lowest BCUT2D eigenvalue weighted by Crippen LogP contribution is -2.19. The number of amides is 1. The van der Waals surface area contributed by atoms with Crippen LogP contribution in [0.5, 0.6) is 5.75 Å². The van der Waals surface area contributed by atoms with Gasteiger partial charge in [-0.05, 0) is 55.5 Å². The van der Waals surface area contributed by atoms with E-state index >= 15 is 0 Å². The van der Waals surface area contributed by atoms with E-state index < -0.39 is 0 Å². The van der Waals surface area contributed by atoms with Gasteiger partial charge in [-0.2, -0.15) is 10.2 Å². The molecule has 0 aliphatic rings. The molecule has 4 aromatic rings. The van der Waals surface area contributed by atoms with Gasteiger partial charge in [-0.3, -0.25) is 14.9 Å². The van der Waals surface area contributed by atoms with Crippen LogP contribution in [0.3, 0.4) is 0 Å². The molecule has 2 aromatic heterocycles. The number of H-pyrrole nitrogens is 1. The molecule has 0 unspecified atom stereocenters. The van der Waals surface area contributed by atoms with E-state index in [2.05, 4.69) is 25.7 Å². The SMILES string of the molecule is CC(=NNC(=O)c1cc(-c2ccc(OCc3ccccc3Cl)cc2)n[nH]1)c1ccncc1. The fourth-order valence-corrected chi connectivity index (χ4v) is 3.13. The fraction of sp³-hybridized carbons (Fsp3) is 0.0833. The Bertz CT molecular complexity index is 1240. The summed E-state index contributed by atoms with van der Waals surface area (Å²) in [7, 11) is 0. The van der Waals surface area contributed by atoms with Crippen molar-refractivity contribution in [2.45, 2.75) is 13.5 Å². The van der Waals surface area contributed by atoms with Crippen molar-refractivity contribution in [1.82, 2.24) is 20.6 Å². The number of hydrogen-bond donors (Lipinski definition) is 2. The molecule has 160 valence electrons. The molecule has 0 atom stereocenters. The second kappa shape index (κ2) is 9.89. The number of rotatable bonds is 7. The lowest BCUT2D eigenvalue weighted by Gasteiger charge is -2.08. The number of carbonyl (C=O) groups is 1. The van der Waals surface area contributed by atoms with E-state index in [0.717, 1.165) is 16.7 Å². The summed E-state index contributed by atoms with van der Waals surface area (Å²) in [6, 6.07) is 20.3. The summed E-state index contributed by atoms with van der Waals surface area (Å²) in [6.45, 7) is 2.19. The number of hydrogen-bond acceptors (Lipinski definition) is 5. The first-order chi connectivity index (χ1) is 15.6. The third kappa shape index (κ3) is 5.19. The quantitative estimate of drug-likeness (QED) is 0.314. The molecule has 8 heteroatoms. The normalized spacial score (nSPS) is 11.2. The van der Waals surface area contributed by atoms with Gasteiger partial charge in [0.15, 0.2) is 0 Å². The third-order valence-corrected chi connectivity index (χ3v) is 5.12. The minimum Gasteiger partial charge on any atom is -0.489 e. The van der Waals surface area contributed by atoms with Gasteiger partial charge in [0.05, 0.1) is 11.4 Å². The zero-order valence-electron chi connectivity index (χ0n) is 17.2. The maximum Gasteiger partial charge on any atom is 0.289 e. The number of pyridine rings is 1. The first kappa shape index (κ1) is 21.3. The number of nitrogens with zero attached hydrogens (tertiary/aromatic N) is 3. The van der Waals surface area contributed by atoms with Crippen LogP contribution >= 0.6 is 11.6 Å². The minimum absolute atomic E-state index is 0.310. The first-order valence-electron chi connectivity index (χ1n) is 9.87. The Morgan fingerprint density at radius 1 is 1.09 bits per heavy atom. The van der Waals surface area contributed by atoms with Gasteiger partial charge >= 0.3 is 0 Å². The summed E-state index contributed by atoms with van der Waals surface area (Å²) < 4.78 is 5.80. The van der Waals surface area contributed by atoms with Crippen LogP contribution in [-0.4, -0.2) is 26.8 Å². The van der Waals surface area contributed by atoms with Crippen LogP contribution in [0.15, 0.2) is 84.2 Å². The lowest BCUT2D eigenvalue weighted by molar-refractivity contribution is 0.0950. The Morgan fingerprint density at radius 2 is 1.84 bits per heavy atom. The number of nitrogens with one attached hydrogen (secondary N) is 2. The summed E-state index contributed by atoms with van der Waals surface area (Å²) in [5.74, 6) is 0.333. The molecule has 0 aliphatic heterocycles. The van der Waals surface area contributed by atoms with Crippen LogP contribution in [-0.2, 0) is 6.61 Å². The van der Waals surface area contributed by atoms with Crippen molar-refractivity contribution in [2.75, 3.05) is 0 Å². The summed E-state index contributed by atoms with van der Waals surface area (Å²) in [5, 5.41) is 11.8. The van der Waals surface area contributed by atoms with Gasteiger partial charge in [0.1, 0.15) is 18.1 Å². The third-order valence-electron chi connectivity index (χ3n) is 4.75. The Labute approximate surface area is 190 Å². The number of aromatic nitrogens is 3. The van der Waals surface area contributed by atoms with Crippen molar-refractivity contribution in [3.05, 3.63) is 101 Å². The molecule has 2 aromatic carbocycles. The molecule has 0 saturated heterocycles. The van der Waals surface area contributed by atoms with Crippen LogP contribution in [0.4, 0.5) is 0 Å². The van der Waals surface area contributed by atoms with E-state index in [1.54, 1.807) is 18.5 Å². The van der Waals surface area contributed by atoms with E-state index in [1.165, 1.54) is 0 Å². The largest absolute Gasteiger partial charge is 0.489 e. The maximum atomic E-state index is 12.4. The molecular weight excluding hydrogens is 426 g/mol. The molecule has 2 N–H and O–H groups in total. The molecule has 32 heavy (non-hydrogen) atoms. The van der Waals surface area contributed by atoms with E-state index in [9.17, 15) is 4.79 Å². The minimum atomic E-state index is -0.378. The predicted molar refractivity (Wildman–Crippen MR) is 124 cm³/mol. The summed E-state index contributed by atoms with van der Waals surface area (Å²) >= 11 is 6.16. The number of ether oxygens (including phenoxy) is 1. The van der Waals surface area contributed by atoms with E-state index in [1.807, 2.05) is 67.6 Å². The van der Waals surface area contributed by atoms with E-state index in [-0.39, 0.29) is 5.91 Å². The van der Waals surface area contributed by atoms with Crippen molar-refractivity contribution in [1.29, 1.82) is 0 Å². The Kier molecular flexibility index (Phi) is 6.57. The predicted octanol–water partition coefficient (Wildman–Crippen LogP) is 4.86. The smallest absolute Gasteiger partial charge is 0.289 e. The highest BCUT2D eigenvalue weighted by Gasteiger charge is 2.11. The van der Waals surface area contributed by atoms with Gasteiger partial charge in [0.25, 0.3) is 5.91 Å². The molecule has 1 amide bonds. The molecule has 0 aliphatic carbocycles. The molecule has 0 fully saturated rings. The maximum absolute atomic E-state index is 12.4. The average molecular weight is 446 g/mol. The van der Waals surface area contributed by atoms with Gasteiger partial charge in [-0.15, -0.1) is 0 Å². The number of carbonyl (C=O) groups excluding carboxylic acids is 1. The Morgan fingerprint density at radius 3 is 2.59 bits per heavy atom. The first-order valence-corrected chi connectivity index (χ1v) is 10.2. The second-order valence-electron chi connectivity index (χ2n) is 6.95. The number of halogens is 1. The molecular formula is C24H20ClN5O2. The van der Waals surface area contributed by atoms with Crippen molar-refractivity contribution in [2.24, 2.45) is 5.10 Å². The van der Waals surface area contributed by atoms with Crippen LogP contribution in [0, 0.1) is 0 Å². The van der Waals surface area contributed by atoms with Crippen LogP contribution in [0.1, 0.15) is 28.5 Å². The molecule has 2 heterocycles. The topological polar surface area (TPSA) is 92.3 Å². The van der Waals surface area contributed by atoms with Gasteiger partial charge < -0.3 is 4.74 Å². The zero-order valence-corrected chi connectivity index (χ0v) is 18.0. The molecule has 7 nitrogen and oxygen atoms in total. The van der Waals surface area contributed by atoms with Gasteiger partial charge in [-0.1, -0.05) is 29.8 Å². The average Bonchev–Trinajstić information content (AvgIpc) is 3.33. The van der Waals surface area contributed by atoms with E-state index in [4.69, 9.17) is 16.3 Å². The van der Waals surface area contributed by atoms with Crippen molar-refractivity contribution >= 4 is 23.2 Å². The number of hydrazone groups is 1. The van der Waals surface area contributed by atoms with Crippen LogP contribution in [0.2, 0.25) is 5.02 Å². The van der Waals surface area contributed by atoms with Gasteiger partial charge in [-0.25, -0.2) is 5.43 Å². The Hall–Kier alpha value is -3.97. The number of benzene rings is 2. The molecule has 0 radical (unpaired) electrons. The molecule has 0 bridgehead atoms. The van der Waals surface area contributed by atoms with E-state index in [0.29, 0.717) is 34.5 Å². The Balaban J connectivity index is 1.37. The summed E-state index contributed by atoms with van der Waals surface area (Å²) in [4.78, 5) is 16.4. The molecule has 4 rings (SSSR count). The van der Waals surface area contributed by atoms with Crippen LogP contribution in [0.25, 0.3) is 11.3 Å². The molecule has 0 spiro atoms. The zero-order chi connectivity index (χ0) is 22.3. The second-order valence-corrected chi connectivity index (χ2v) is 7.35. The lowest BCUT2D eigenvalue weighted by atomic mass is 10.1. The summed E-state index contributed by atoms with van der Waals surface area (Å²) in [5.41, 5.74) is 6.81. The van der Waals surface area contributed by atoms with Crippen molar-refractivity contribution in [3.8, 4) is 17.0 Å². The van der Waals surface area contributed by atoms with Crippen molar-refractivity contribution in [3.63, 3.8) is 0 Å². The standard InChI is InChI=1S/C24H20ClN5O2/c1-16(17-10-12-26-13-11-17)27-30-24(31)23-14-22(28-29-23)18-6-8-20(9-7-18)32-15-19-4-2-3-5-21(19)25/h2-14H,15H2,1H3,(H,28,29)(H,30,31). The van der Waals surface area contributed by atoms with Gasteiger partial charge in [0, 0.05) is 34.1 Å². The number of aromatic amines is 1. The molecule has 0 saturated carbocycles. The summed E-state index contributed by atoms with van der Waals surface area (Å²) in [6.07, 6.45) is 3.34. The van der Waals surface area contributed by atoms with Gasteiger partial charge in [0.2, 0.25) is 0 Å².